The first-order chi connectivity index (χ1) is 9.92. The molecule has 2 heteroatoms. The maximum absolute atomic E-state index is 11.9. The Bertz CT molecular complexity index is 458. The van der Waals surface area contributed by atoms with Gasteiger partial charge in [-0.05, 0) is 79.4 Å². The van der Waals surface area contributed by atoms with Crippen molar-refractivity contribution in [1.29, 1.82) is 0 Å². The number of aliphatic hydroxyl groups is 1. The lowest BCUT2D eigenvalue weighted by Gasteiger charge is -2.59. The van der Waals surface area contributed by atoms with E-state index in [2.05, 4.69) is 13.8 Å². The second-order valence-electron chi connectivity index (χ2n) is 9.19. The van der Waals surface area contributed by atoms with E-state index in [1.807, 2.05) is 0 Å². The smallest absolute Gasteiger partial charge is 0.133 e. The molecule has 0 aromatic carbocycles. The molecule has 0 bridgehead atoms. The van der Waals surface area contributed by atoms with Gasteiger partial charge in [0.2, 0.25) is 0 Å². The second-order valence-corrected chi connectivity index (χ2v) is 9.19. The summed E-state index contributed by atoms with van der Waals surface area (Å²) in [6, 6.07) is 0. The summed E-state index contributed by atoms with van der Waals surface area (Å²) in [5, 5.41) is 10.2. The summed E-state index contributed by atoms with van der Waals surface area (Å²) in [6.07, 6.45) is 10.0. The fraction of sp³-hybridized carbons (Fsp3) is 0.947. The largest absolute Gasteiger partial charge is 0.393 e. The van der Waals surface area contributed by atoms with Gasteiger partial charge in [0.1, 0.15) is 5.78 Å². The van der Waals surface area contributed by atoms with E-state index in [-0.39, 0.29) is 6.10 Å². The minimum absolute atomic E-state index is 0.0581. The highest BCUT2D eigenvalue weighted by molar-refractivity contribution is 5.79. The minimum atomic E-state index is -0.0581. The van der Waals surface area contributed by atoms with Gasteiger partial charge in [0, 0.05) is 12.8 Å². The lowest BCUT2D eigenvalue weighted by Crippen LogP contribution is -2.52. The van der Waals surface area contributed by atoms with Gasteiger partial charge in [0.05, 0.1) is 6.10 Å². The van der Waals surface area contributed by atoms with Gasteiger partial charge in [-0.3, -0.25) is 4.79 Å². The van der Waals surface area contributed by atoms with E-state index in [1.54, 1.807) is 0 Å². The number of carbonyl (C=O) groups excluding carboxylic acids is 1. The zero-order valence-electron chi connectivity index (χ0n) is 13.6. The molecule has 1 N–H and O–H groups in total. The second kappa shape index (κ2) is 4.57. The van der Waals surface area contributed by atoms with Crippen molar-refractivity contribution >= 4 is 5.78 Å². The van der Waals surface area contributed by atoms with Crippen LogP contribution >= 0.6 is 0 Å². The zero-order chi connectivity index (χ0) is 14.8. The molecule has 0 amide bonds. The van der Waals surface area contributed by atoms with Gasteiger partial charge in [-0.15, -0.1) is 0 Å². The molecule has 0 aromatic heterocycles. The van der Waals surface area contributed by atoms with Gasteiger partial charge in [0.15, 0.2) is 0 Å². The van der Waals surface area contributed by atoms with Crippen LogP contribution in [0.25, 0.3) is 0 Å². The van der Waals surface area contributed by atoms with Crippen LogP contribution in [0.4, 0.5) is 0 Å². The first-order valence-electron chi connectivity index (χ1n) is 9.12. The lowest BCUT2D eigenvalue weighted by atomic mass is 9.45. The highest BCUT2D eigenvalue weighted by Gasteiger charge is 2.59. The molecule has 118 valence electrons. The Morgan fingerprint density at radius 3 is 2.71 bits per heavy atom. The molecular formula is C19H30O2. The number of hydrogen-bond donors (Lipinski definition) is 1. The van der Waals surface area contributed by atoms with Crippen molar-refractivity contribution in [3.05, 3.63) is 0 Å². The molecule has 4 aliphatic carbocycles. The van der Waals surface area contributed by atoms with Crippen molar-refractivity contribution in [1.82, 2.24) is 0 Å². The molecule has 4 saturated carbocycles. The van der Waals surface area contributed by atoms with E-state index in [4.69, 9.17) is 0 Å². The standard InChI is InChI=1S/C19H30O2/c1-18-7-6-16-15(17(18)10-14(21)11-18)4-3-12-9-13(20)5-8-19(12,16)2/h12,14-17,21H,3-11H2,1-2H3/t12-,14?,15+,16-,17-,18+,19-/m0/s1. The van der Waals surface area contributed by atoms with E-state index >= 15 is 0 Å². The number of rotatable bonds is 0. The average molecular weight is 290 g/mol. The Balaban J connectivity index is 1.63. The first-order valence-corrected chi connectivity index (χ1v) is 9.12. The Morgan fingerprint density at radius 2 is 1.90 bits per heavy atom. The fourth-order valence-corrected chi connectivity index (χ4v) is 7.07. The van der Waals surface area contributed by atoms with E-state index in [0.717, 1.165) is 49.9 Å². The molecule has 0 spiro atoms. The van der Waals surface area contributed by atoms with E-state index in [1.165, 1.54) is 25.7 Å². The molecule has 0 aromatic rings. The van der Waals surface area contributed by atoms with Gasteiger partial charge in [-0.2, -0.15) is 0 Å². The number of carbonyl (C=O) groups is 1. The first kappa shape index (κ1) is 14.2. The third-order valence-electron chi connectivity index (χ3n) is 8.23. The summed E-state index contributed by atoms with van der Waals surface area (Å²) in [5.74, 6) is 3.52. The van der Waals surface area contributed by atoms with Crippen LogP contribution in [0.1, 0.15) is 71.6 Å². The summed E-state index contributed by atoms with van der Waals surface area (Å²) in [5.41, 5.74) is 0.806. The van der Waals surface area contributed by atoms with Crippen LogP contribution in [0.2, 0.25) is 0 Å². The molecule has 4 aliphatic rings. The van der Waals surface area contributed by atoms with Crippen LogP contribution in [0.3, 0.4) is 0 Å². The van der Waals surface area contributed by atoms with Crippen molar-refractivity contribution in [2.75, 3.05) is 0 Å². The summed E-state index contributed by atoms with van der Waals surface area (Å²) in [6.45, 7) is 4.93. The molecule has 4 fully saturated rings. The van der Waals surface area contributed by atoms with Crippen LogP contribution in [-0.2, 0) is 4.79 Å². The van der Waals surface area contributed by atoms with Crippen LogP contribution < -0.4 is 0 Å². The quantitative estimate of drug-likeness (QED) is 0.733. The van der Waals surface area contributed by atoms with Crippen molar-refractivity contribution in [3.8, 4) is 0 Å². The van der Waals surface area contributed by atoms with Gasteiger partial charge in [0.25, 0.3) is 0 Å². The van der Waals surface area contributed by atoms with Crippen LogP contribution in [0, 0.1) is 34.5 Å². The highest BCUT2D eigenvalue weighted by Crippen LogP contribution is 2.65. The van der Waals surface area contributed by atoms with Gasteiger partial charge in [-0.25, -0.2) is 0 Å². The molecule has 0 aliphatic heterocycles. The lowest BCUT2D eigenvalue weighted by molar-refractivity contribution is -0.137. The molecular weight excluding hydrogens is 260 g/mol. The molecule has 0 radical (unpaired) electrons. The van der Waals surface area contributed by atoms with Gasteiger partial charge >= 0.3 is 0 Å². The normalized spacial score (nSPS) is 56.5. The van der Waals surface area contributed by atoms with E-state index in [9.17, 15) is 9.90 Å². The molecule has 7 atom stereocenters. The third-order valence-corrected chi connectivity index (χ3v) is 8.23. The van der Waals surface area contributed by atoms with E-state index in [0.29, 0.717) is 22.5 Å². The molecule has 4 rings (SSSR count). The zero-order valence-corrected chi connectivity index (χ0v) is 13.6. The average Bonchev–Trinajstić information content (AvgIpc) is 2.74. The van der Waals surface area contributed by atoms with Crippen LogP contribution in [0.5, 0.6) is 0 Å². The molecule has 0 saturated heterocycles. The molecule has 21 heavy (non-hydrogen) atoms. The summed E-state index contributed by atoms with van der Waals surface area (Å²) in [4.78, 5) is 11.9. The predicted molar refractivity (Wildman–Crippen MR) is 82.7 cm³/mol. The van der Waals surface area contributed by atoms with Crippen molar-refractivity contribution in [3.63, 3.8) is 0 Å². The van der Waals surface area contributed by atoms with Crippen molar-refractivity contribution in [2.45, 2.75) is 77.7 Å². The monoisotopic (exact) mass is 290 g/mol. The fourth-order valence-electron chi connectivity index (χ4n) is 7.07. The number of fused-ring (bicyclic) bond motifs is 5. The topological polar surface area (TPSA) is 37.3 Å². The Labute approximate surface area is 128 Å². The maximum Gasteiger partial charge on any atom is 0.133 e. The highest BCUT2D eigenvalue weighted by atomic mass is 16.3. The third kappa shape index (κ3) is 1.97. The van der Waals surface area contributed by atoms with Crippen molar-refractivity contribution < 1.29 is 9.90 Å². The maximum atomic E-state index is 11.9. The van der Waals surface area contributed by atoms with Gasteiger partial charge in [-0.1, -0.05) is 13.8 Å². The minimum Gasteiger partial charge on any atom is -0.393 e. The number of aliphatic hydroxyl groups excluding tert-OH is 1. The summed E-state index contributed by atoms with van der Waals surface area (Å²) in [7, 11) is 0. The molecule has 1 unspecified atom stereocenters. The van der Waals surface area contributed by atoms with E-state index < -0.39 is 0 Å². The Hall–Kier alpha value is -0.370. The number of ketones is 1. The molecule has 2 nitrogen and oxygen atoms in total. The predicted octanol–water partition coefficient (Wildman–Crippen LogP) is 3.96. The molecule has 0 heterocycles. The number of Topliss-reactive ketones (excluding diaryl/α,β-unsaturated/α-hetero) is 1. The summed E-state index contributed by atoms with van der Waals surface area (Å²) < 4.78 is 0. The van der Waals surface area contributed by atoms with Crippen molar-refractivity contribution in [2.24, 2.45) is 34.5 Å². The van der Waals surface area contributed by atoms with Gasteiger partial charge < -0.3 is 5.11 Å². The SMILES string of the molecule is C[C@]12CC[C@H]3[C@@H](CC[C@H]4CC(=O)CC[C@@]43C)[C@@H]1CC(O)C2. The Morgan fingerprint density at radius 1 is 1.10 bits per heavy atom. The van der Waals surface area contributed by atoms with Crippen LogP contribution in [0.15, 0.2) is 0 Å². The summed E-state index contributed by atoms with van der Waals surface area (Å²) >= 11 is 0. The number of hydrogen-bond acceptors (Lipinski definition) is 2. The van der Waals surface area contributed by atoms with Crippen LogP contribution in [-0.4, -0.2) is 17.0 Å². The Kier molecular flexibility index (Phi) is 3.10.